The summed E-state index contributed by atoms with van der Waals surface area (Å²) >= 11 is 0. The summed E-state index contributed by atoms with van der Waals surface area (Å²) in [5, 5.41) is 9.90. The maximum Gasteiger partial charge on any atom is 0.155 e. The minimum atomic E-state index is 0.556. The van der Waals surface area contributed by atoms with Gasteiger partial charge in [0.05, 0.1) is 12.7 Å². The van der Waals surface area contributed by atoms with E-state index in [1.165, 1.54) is 0 Å². The fourth-order valence-corrected chi connectivity index (χ4v) is 1.55. The fourth-order valence-electron chi connectivity index (χ4n) is 1.55. The Hall–Kier alpha value is -2.11. The summed E-state index contributed by atoms with van der Waals surface area (Å²) in [6.45, 7) is 4.38. The summed E-state index contributed by atoms with van der Waals surface area (Å²) in [4.78, 5) is 8.66. The third-order valence-corrected chi connectivity index (χ3v) is 2.42. The van der Waals surface area contributed by atoms with E-state index in [2.05, 4.69) is 25.8 Å². The minimum absolute atomic E-state index is 0.556. The normalized spacial score (nSPS) is 10.3. The van der Waals surface area contributed by atoms with E-state index >= 15 is 0 Å². The van der Waals surface area contributed by atoms with Crippen LogP contribution in [0, 0.1) is 13.8 Å². The molecule has 0 saturated heterocycles. The molecule has 0 aromatic carbocycles. The Bertz CT molecular complexity index is 495. The lowest BCUT2D eigenvalue weighted by Gasteiger charge is -2.11. The van der Waals surface area contributed by atoms with Crippen molar-refractivity contribution in [3.8, 4) is 0 Å². The Morgan fingerprint density at radius 3 is 2.65 bits per heavy atom. The van der Waals surface area contributed by atoms with Crippen LogP contribution >= 0.6 is 0 Å². The number of anilines is 2. The molecule has 17 heavy (non-hydrogen) atoms. The molecule has 0 aliphatic rings. The van der Waals surface area contributed by atoms with Gasteiger partial charge in [0.25, 0.3) is 0 Å². The standard InChI is InChI=1S/C11H15N5O/c1-7-10(12-3)15-8(2)16-11(7)13-6-9-4-5-14-17-9/h4-5H,6H2,1-3H3,(H2,12,13,15,16). The summed E-state index contributed by atoms with van der Waals surface area (Å²) < 4.78 is 5.01. The molecule has 2 aromatic heterocycles. The molecule has 2 N–H and O–H groups in total. The van der Waals surface area contributed by atoms with Crippen molar-refractivity contribution in [2.45, 2.75) is 20.4 Å². The first-order chi connectivity index (χ1) is 8.20. The molecule has 0 amide bonds. The maximum absolute atomic E-state index is 5.01. The van der Waals surface area contributed by atoms with Crippen LogP contribution < -0.4 is 10.6 Å². The molecule has 0 aliphatic carbocycles. The second-order valence-corrected chi connectivity index (χ2v) is 3.68. The molecule has 0 aliphatic heterocycles. The Morgan fingerprint density at radius 1 is 1.24 bits per heavy atom. The highest BCUT2D eigenvalue weighted by molar-refractivity contribution is 5.56. The summed E-state index contributed by atoms with van der Waals surface area (Å²) in [5.74, 6) is 3.13. The third-order valence-electron chi connectivity index (χ3n) is 2.42. The first-order valence-corrected chi connectivity index (χ1v) is 5.37. The highest BCUT2D eigenvalue weighted by atomic mass is 16.5. The largest absolute Gasteiger partial charge is 0.373 e. The molecule has 2 aromatic rings. The van der Waals surface area contributed by atoms with E-state index in [9.17, 15) is 0 Å². The zero-order chi connectivity index (χ0) is 12.3. The Labute approximate surface area is 99.5 Å². The van der Waals surface area contributed by atoms with Crippen molar-refractivity contribution in [1.29, 1.82) is 0 Å². The van der Waals surface area contributed by atoms with Gasteiger partial charge in [-0.15, -0.1) is 0 Å². The van der Waals surface area contributed by atoms with Gasteiger partial charge in [0.1, 0.15) is 17.5 Å². The lowest BCUT2D eigenvalue weighted by molar-refractivity contribution is 0.388. The van der Waals surface area contributed by atoms with Crippen molar-refractivity contribution in [1.82, 2.24) is 15.1 Å². The second-order valence-electron chi connectivity index (χ2n) is 3.68. The van der Waals surface area contributed by atoms with Gasteiger partial charge in [0.15, 0.2) is 5.76 Å². The number of nitrogens with zero attached hydrogens (tertiary/aromatic N) is 3. The van der Waals surface area contributed by atoms with Gasteiger partial charge in [-0.2, -0.15) is 0 Å². The monoisotopic (exact) mass is 233 g/mol. The lowest BCUT2D eigenvalue weighted by atomic mass is 10.3. The zero-order valence-electron chi connectivity index (χ0n) is 10.1. The third kappa shape index (κ3) is 2.52. The molecule has 0 spiro atoms. The van der Waals surface area contributed by atoms with Gasteiger partial charge in [-0.25, -0.2) is 9.97 Å². The number of rotatable bonds is 4. The number of aromatic nitrogens is 3. The highest BCUT2D eigenvalue weighted by Gasteiger charge is 2.08. The van der Waals surface area contributed by atoms with E-state index in [0.717, 1.165) is 28.8 Å². The predicted octanol–water partition coefficient (Wildman–Crippen LogP) is 1.74. The molecule has 0 atom stereocenters. The Morgan fingerprint density at radius 2 is 2.00 bits per heavy atom. The van der Waals surface area contributed by atoms with Crippen LogP contribution in [0.1, 0.15) is 17.1 Å². The van der Waals surface area contributed by atoms with Crippen LogP contribution in [-0.4, -0.2) is 22.2 Å². The van der Waals surface area contributed by atoms with Crippen LogP contribution in [0.4, 0.5) is 11.6 Å². The van der Waals surface area contributed by atoms with Gasteiger partial charge in [-0.3, -0.25) is 0 Å². The lowest BCUT2D eigenvalue weighted by Crippen LogP contribution is -2.07. The van der Waals surface area contributed by atoms with Crippen molar-refractivity contribution in [2.24, 2.45) is 0 Å². The summed E-state index contributed by atoms with van der Waals surface area (Å²) in [6.07, 6.45) is 1.62. The van der Waals surface area contributed by atoms with Gasteiger partial charge in [-0.1, -0.05) is 5.16 Å². The molecular weight excluding hydrogens is 218 g/mol. The summed E-state index contributed by atoms with van der Waals surface area (Å²) in [6, 6.07) is 1.81. The molecule has 0 fully saturated rings. The van der Waals surface area contributed by atoms with E-state index < -0.39 is 0 Å². The number of nitrogens with one attached hydrogen (secondary N) is 2. The minimum Gasteiger partial charge on any atom is -0.373 e. The van der Waals surface area contributed by atoms with Gasteiger partial charge < -0.3 is 15.2 Å². The number of hydrogen-bond donors (Lipinski definition) is 2. The van der Waals surface area contributed by atoms with Gasteiger partial charge in [0, 0.05) is 18.7 Å². The van der Waals surface area contributed by atoms with Crippen LogP contribution in [0.5, 0.6) is 0 Å². The van der Waals surface area contributed by atoms with Crippen LogP contribution in [0.15, 0.2) is 16.8 Å². The van der Waals surface area contributed by atoms with Crippen LogP contribution in [0.25, 0.3) is 0 Å². The quantitative estimate of drug-likeness (QED) is 0.837. The number of hydrogen-bond acceptors (Lipinski definition) is 6. The van der Waals surface area contributed by atoms with Gasteiger partial charge in [0.2, 0.25) is 0 Å². The first kappa shape index (κ1) is 11.4. The smallest absolute Gasteiger partial charge is 0.155 e. The molecule has 0 bridgehead atoms. The zero-order valence-corrected chi connectivity index (χ0v) is 10.1. The molecule has 6 nitrogen and oxygen atoms in total. The Kier molecular flexibility index (Phi) is 3.22. The van der Waals surface area contributed by atoms with Gasteiger partial charge in [-0.05, 0) is 13.8 Å². The van der Waals surface area contributed by atoms with Crippen molar-refractivity contribution in [3.63, 3.8) is 0 Å². The van der Waals surface area contributed by atoms with Crippen molar-refractivity contribution in [3.05, 3.63) is 29.4 Å². The van der Waals surface area contributed by atoms with E-state index in [4.69, 9.17) is 4.52 Å². The first-order valence-electron chi connectivity index (χ1n) is 5.37. The number of aryl methyl sites for hydroxylation is 1. The molecule has 6 heteroatoms. The molecule has 90 valence electrons. The second kappa shape index (κ2) is 4.82. The molecule has 0 radical (unpaired) electrons. The summed E-state index contributed by atoms with van der Waals surface area (Å²) in [5.41, 5.74) is 0.984. The van der Waals surface area contributed by atoms with Crippen molar-refractivity contribution < 1.29 is 4.52 Å². The van der Waals surface area contributed by atoms with Crippen molar-refractivity contribution in [2.75, 3.05) is 17.7 Å². The van der Waals surface area contributed by atoms with E-state index in [0.29, 0.717) is 6.54 Å². The molecule has 2 heterocycles. The predicted molar refractivity (Wildman–Crippen MR) is 64.9 cm³/mol. The summed E-state index contributed by atoms with van der Waals surface area (Å²) in [7, 11) is 1.84. The molecule has 0 unspecified atom stereocenters. The highest BCUT2D eigenvalue weighted by Crippen LogP contribution is 2.19. The SMILES string of the molecule is CNc1nc(C)nc(NCc2ccno2)c1C. The van der Waals surface area contributed by atoms with Crippen molar-refractivity contribution >= 4 is 11.6 Å². The average molecular weight is 233 g/mol. The average Bonchev–Trinajstić information content (AvgIpc) is 2.82. The van der Waals surface area contributed by atoms with E-state index in [-0.39, 0.29) is 0 Å². The van der Waals surface area contributed by atoms with E-state index in [1.807, 2.05) is 27.0 Å². The maximum atomic E-state index is 5.01. The fraction of sp³-hybridized carbons (Fsp3) is 0.364. The van der Waals surface area contributed by atoms with E-state index in [1.54, 1.807) is 6.20 Å². The van der Waals surface area contributed by atoms with Gasteiger partial charge >= 0.3 is 0 Å². The Balaban J connectivity index is 2.17. The molecule has 0 saturated carbocycles. The van der Waals surface area contributed by atoms with Crippen LogP contribution in [-0.2, 0) is 6.54 Å². The molecular formula is C11H15N5O. The van der Waals surface area contributed by atoms with Crippen LogP contribution in [0.3, 0.4) is 0 Å². The van der Waals surface area contributed by atoms with Crippen LogP contribution in [0.2, 0.25) is 0 Å². The topological polar surface area (TPSA) is 75.9 Å². The molecule has 2 rings (SSSR count).